The fourth-order valence-corrected chi connectivity index (χ4v) is 1.87. The van der Waals surface area contributed by atoms with Gasteiger partial charge in [-0.25, -0.2) is 4.90 Å². The Kier molecular flexibility index (Phi) is 5.15. The zero-order valence-corrected chi connectivity index (χ0v) is 11.7. The second-order valence-corrected chi connectivity index (χ2v) is 4.36. The van der Waals surface area contributed by atoms with E-state index in [-0.39, 0.29) is 35.9 Å². The summed E-state index contributed by atoms with van der Waals surface area (Å²) in [5, 5.41) is 0. The number of imide groups is 1. The average Bonchev–Trinajstić information content (AvgIpc) is 2.38. The van der Waals surface area contributed by atoms with Crippen molar-refractivity contribution in [2.24, 2.45) is 0 Å². The van der Waals surface area contributed by atoms with E-state index >= 15 is 0 Å². The zero-order chi connectivity index (χ0) is 13.7. The highest BCUT2D eigenvalue weighted by atomic mass is 79.9. The van der Waals surface area contributed by atoms with Crippen LogP contribution in [-0.4, -0.2) is 23.1 Å². The maximum absolute atomic E-state index is 11.8. The van der Waals surface area contributed by atoms with Gasteiger partial charge in [-0.05, 0) is 15.9 Å². The summed E-state index contributed by atoms with van der Waals surface area (Å²) in [4.78, 5) is 39.7. The topological polar surface area (TPSA) is 67.3 Å². The standard InChI is InChI=1S/C12H13BrN2O3/c1-3-11(17)15(12(18)4-2)10-6-14-5-9(13)8(10)7-16/h5-7H,3-4H2,1-2H3. The Balaban J connectivity index is 3.38. The molecule has 0 saturated heterocycles. The monoisotopic (exact) mass is 312 g/mol. The third-order valence-electron chi connectivity index (χ3n) is 2.38. The molecule has 0 aliphatic rings. The predicted octanol–water partition coefficient (Wildman–Crippen LogP) is 2.34. The highest BCUT2D eigenvalue weighted by Gasteiger charge is 2.24. The van der Waals surface area contributed by atoms with Crippen LogP contribution in [0.3, 0.4) is 0 Å². The molecule has 1 aromatic rings. The number of pyridine rings is 1. The minimum absolute atomic E-state index is 0.177. The number of halogens is 1. The van der Waals surface area contributed by atoms with Crippen LogP contribution in [0.4, 0.5) is 5.69 Å². The van der Waals surface area contributed by atoms with Crippen LogP contribution in [0.25, 0.3) is 0 Å². The van der Waals surface area contributed by atoms with E-state index in [1.807, 2.05) is 0 Å². The van der Waals surface area contributed by atoms with Gasteiger partial charge in [0.15, 0.2) is 6.29 Å². The Hall–Kier alpha value is -1.56. The SMILES string of the molecule is CCC(=O)N(C(=O)CC)c1cncc(Br)c1C=O. The quantitative estimate of drug-likeness (QED) is 0.800. The molecule has 96 valence electrons. The van der Waals surface area contributed by atoms with Crippen molar-refractivity contribution in [3.05, 3.63) is 22.4 Å². The molecule has 1 rings (SSSR count). The normalized spacial score (nSPS) is 9.94. The van der Waals surface area contributed by atoms with Gasteiger partial charge in [0, 0.05) is 23.5 Å². The lowest BCUT2D eigenvalue weighted by atomic mass is 10.2. The Morgan fingerprint density at radius 2 is 1.83 bits per heavy atom. The Morgan fingerprint density at radius 1 is 1.28 bits per heavy atom. The molecular weight excluding hydrogens is 300 g/mol. The lowest BCUT2D eigenvalue weighted by molar-refractivity contribution is -0.126. The first-order valence-electron chi connectivity index (χ1n) is 5.51. The first kappa shape index (κ1) is 14.5. The number of anilines is 1. The van der Waals surface area contributed by atoms with Crippen molar-refractivity contribution < 1.29 is 14.4 Å². The van der Waals surface area contributed by atoms with Gasteiger partial charge < -0.3 is 0 Å². The van der Waals surface area contributed by atoms with Crippen LogP contribution in [0, 0.1) is 0 Å². The second-order valence-electron chi connectivity index (χ2n) is 3.50. The van der Waals surface area contributed by atoms with E-state index < -0.39 is 0 Å². The number of aromatic nitrogens is 1. The smallest absolute Gasteiger partial charge is 0.233 e. The van der Waals surface area contributed by atoms with Crippen LogP contribution < -0.4 is 4.90 Å². The van der Waals surface area contributed by atoms with E-state index in [0.29, 0.717) is 10.8 Å². The van der Waals surface area contributed by atoms with Crippen molar-refractivity contribution >= 4 is 39.7 Å². The molecule has 5 nitrogen and oxygen atoms in total. The van der Waals surface area contributed by atoms with Crippen molar-refractivity contribution in [1.82, 2.24) is 4.98 Å². The summed E-state index contributed by atoms with van der Waals surface area (Å²) >= 11 is 3.17. The minimum Gasteiger partial charge on any atom is -0.298 e. The molecule has 2 amide bonds. The maximum Gasteiger partial charge on any atom is 0.233 e. The van der Waals surface area contributed by atoms with Crippen LogP contribution in [0.5, 0.6) is 0 Å². The number of rotatable bonds is 4. The van der Waals surface area contributed by atoms with Crippen molar-refractivity contribution in [3.63, 3.8) is 0 Å². The zero-order valence-electron chi connectivity index (χ0n) is 10.1. The van der Waals surface area contributed by atoms with Crippen LogP contribution in [0.2, 0.25) is 0 Å². The van der Waals surface area contributed by atoms with Crippen molar-refractivity contribution in [2.75, 3.05) is 4.90 Å². The Morgan fingerprint density at radius 3 is 2.28 bits per heavy atom. The fourth-order valence-electron chi connectivity index (χ4n) is 1.45. The number of hydrogen-bond donors (Lipinski definition) is 0. The summed E-state index contributed by atoms with van der Waals surface area (Å²) in [7, 11) is 0. The molecule has 0 bridgehead atoms. The van der Waals surface area contributed by atoms with Gasteiger partial charge in [-0.2, -0.15) is 0 Å². The molecule has 0 saturated carbocycles. The van der Waals surface area contributed by atoms with E-state index in [9.17, 15) is 14.4 Å². The molecule has 0 aromatic carbocycles. The van der Waals surface area contributed by atoms with Gasteiger partial charge in [0.1, 0.15) is 0 Å². The van der Waals surface area contributed by atoms with E-state index in [2.05, 4.69) is 20.9 Å². The van der Waals surface area contributed by atoms with Gasteiger partial charge in [0.2, 0.25) is 11.8 Å². The molecule has 1 aromatic heterocycles. The highest BCUT2D eigenvalue weighted by molar-refractivity contribution is 9.10. The molecule has 0 aliphatic heterocycles. The van der Waals surface area contributed by atoms with Crippen LogP contribution in [0.1, 0.15) is 37.0 Å². The molecule has 6 heteroatoms. The van der Waals surface area contributed by atoms with Crippen molar-refractivity contribution in [1.29, 1.82) is 0 Å². The number of carbonyl (C=O) groups is 3. The number of amides is 2. The molecule has 1 heterocycles. The van der Waals surface area contributed by atoms with E-state index in [0.717, 1.165) is 4.90 Å². The molecule has 0 aliphatic carbocycles. The van der Waals surface area contributed by atoms with Crippen LogP contribution in [0.15, 0.2) is 16.9 Å². The highest BCUT2D eigenvalue weighted by Crippen LogP contribution is 2.26. The van der Waals surface area contributed by atoms with Crippen LogP contribution in [-0.2, 0) is 9.59 Å². The van der Waals surface area contributed by atoms with Gasteiger partial charge in [0.25, 0.3) is 0 Å². The molecule has 0 N–H and O–H groups in total. The lowest BCUT2D eigenvalue weighted by Crippen LogP contribution is -2.36. The molecule has 18 heavy (non-hydrogen) atoms. The number of aldehydes is 1. The molecule has 0 atom stereocenters. The first-order chi connectivity index (χ1) is 8.56. The van der Waals surface area contributed by atoms with Crippen molar-refractivity contribution in [3.8, 4) is 0 Å². The molecule has 0 spiro atoms. The van der Waals surface area contributed by atoms with Gasteiger partial charge in [-0.3, -0.25) is 19.4 Å². The molecular formula is C12H13BrN2O3. The third-order valence-corrected chi connectivity index (χ3v) is 3.01. The minimum atomic E-state index is -0.357. The van der Waals surface area contributed by atoms with Crippen molar-refractivity contribution in [2.45, 2.75) is 26.7 Å². The van der Waals surface area contributed by atoms with E-state index in [1.165, 1.54) is 12.4 Å². The second kappa shape index (κ2) is 6.39. The number of carbonyl (C=O) groups excluding carboxylic acids is 3. The largest absolute Gasteiger partial charge is 0.298 e. The number of hydrogen-bond acceptors (Lipinski definition) is 4. The molecule has 0 radical (unpaired) electrons. The van der Waals surface area contributed by atoms with E-state index in [1.54, 1.807) is 13.8 Å². The lowest BCUT2D eigenvalue weighted by Gasteiger charge is -2.21. The Labute approximate surface area is 113 Å². The Bertz CT molecular complexity index is 472. The molecule has 0 fully saturated rings. The molecule has 0 unspecified atom stereocenters. The van der Waals surface area contributed by atoms with Gasteiger partial charge in [0.05, 0.1) is 17.4 Å². The summed E-state index contributed by atoms with van der Waals surface area (Å²) in [6, 6.07) is 0. The summed E-state index contributed by atoms with van der Waals surface area (Å²) in [6.07, 6.45) is 3.74. The fraction of sp³-hybridized carbons (Fsp3) is 0.333. The predicted molar refractivity (Wildman–Crippen MR) is 70.4 cm³/mol. The third kappa shape index (κ3) is 2.81. The summed E-state index contributed by atoms with van der Waals surface area (Å²) in [5.74, 6) is -0.713. The first-order valence-corrected chi connectivity index (χ1v) is 6.30. The maximum atomic E-state index is 11.8. The van der Waals surface area contributed by atoms with Crippen LogP contribution >= 0.6 is 15.9 Å². The summed E-state index contributed by atoms with van der Waals surface area (Å²) in [6.45, 7) is 3.31. The van der Waals surface area contributed by atoms with Gasteiger partial charge >= 0.3 is 0 Å². The number of nitrogens with zero attached hydrogens (tertiary/aromatic N) is 2. The van der Waals surface area contributed by atoms with E-state index in [4.69, 9.17) is 0 Å². The van der Waals surface area contributed by atoms with Gasteiger partial charge in [-0.15, -0.1) is 0 Å². The summed E-state index contributed by atoms with van der Waals surface area (Å²) < 4.78 is 0.452. The van der Waals surface area contributed by atoms with Gasteiger partial charge in [-0.1, -0.05) is 13.8 Å². The summed E-state index contributed by atoms with van der Waals surface area (Å²) in [5.41, 5.74) is 0.465. The average molecular weight is 313 g/mol.